The van der Waals surface area contributed by atoms with Crippen LogP contribution in [0.15, 0.2) is 11.6 Å². The maximum absolute atomic E-state index is 3.85. The van der Waals surface area contributed by atoms with Crippen molar-refractivity contribution >= 4 is 0 Å². The van der Waals surface area contributed by atoms with E-state index >= 15 is 0 Å². The van der Waals surface area contributed by atoms with Crippen molar-refractivity contribution in [2.75, 3.05) is 20.1 Å². The standard InChI is InChI=1S/C24H42N2/c1-17-6-9-21-20-8-7-18-16-19(26-15-5-14-25-4)10-12-24(18,3)22(20)11-13-23(17,21)2/h7,17,19-22,25-26H,5-6,8-16H2,1-4H3/t17?,19-,20+,21-,22?,23?,24?/m0/s1. The summed E-state index contributed by atoms with van der Waals surface area (Å²) in [6.07, 6.45) is 15.4. The Bertz CT molecular complexity index is 540. The van der Waals surface area contributed by atoms with Gasteiger partial charge in [0.05, 0.1) is 0 Å². The van der Waals surface area contributed by atoms with Gasteiger partial charge in [-0.1, -0.05) is 32.4 Å². The second kappa shape index (κ2) is 7.24. The summed E-state index contributed by atoms with van der Waals surface area (Å²) in [7, 11) is 2.05. The summed E-state index contributed by atoms with van der Waals surface area (Å²) in [5, 5.41) is 7.11. The van der Waals surface area contributed by atoms with E-state index in [1.54, 1.807) is 0 Å². The second-order valence-electron chi connectivity index (χ2n) is 10.6. The maximum Gasteiger partial charge on any atom is 0.0105 e. The van der Waals surface area contributed by atoms with Gasteiger partial charge in [-0.3, -0.25) is 0 Å². The first-order chi connectivity index (χ1) is 12.5. The molecule has 3 fully saturated rings. The van der Waals surface area contributed by atoms with Crippen LogP contribution >= 0.6 is 0 Å². The summed E-state index contributed by atoms with van der Waals surface area (Å²) >= 11 is 0. The van der Waals surface area contributed by atoms with Crippen LogP contribution < -0.4 is 10.6 Å². The monoisotopic (exact) mass is 358 g/mol. The smallest absolute Gasteiger partial charge is 0.0105 e. The van der Waals surface area contributed by atoms with Crippen LogP contribution in [0.5, 0.6) is 0 Å². The summed E-state index contributed by atoms with van der Waals surface area (Å²) in [6.45, 7) is 10.1. The van der Waals surface area contributed by atoms with E-state index in [0.29, 0.717) is 10.8 Å². The van der Waals surface area contributed by atoms with Gasteiger partial charge in [0, 0.05) is 6.04 Å². The van der Waals surface area contributed by atoms with Crippen molar-refractivity contribution in [3.05, 3.63) is 11.6 Å². The van der Waals surface area contributed by atoms with Crippen LogP contribution in [0.25, 0.3) is 0 Å². The molecule has 4 aliphatic rings. The first-order valence-electron chi connectivity index (χ1n) is 11.6. The molecule has 0 aliphatic heterocycles. The van der Waals surface area contributed by atoms with Gasteiger partial charge in [0.2, 0.25) is 0 Å². The first-order valence-corrected chi connectivity index (χ1v) is 11.6. The lowest BCUT2D eigenvalue weighted by Crippen LogP contribution is -2.51. The molecule has 0 aromatic rings. The molecule has 2 N–H and O–H groups in total. The number of allylic oxidation sites excluding steroid dienone is 1. The summed E-state index contributed by atoms with van der Waals surface area (Å²) < 4.78 is 0. The molecule has 2 heteroatoms. The van der Waals surface area contributed by atoms with Gasteiger partial charge in [-0.15, -0.1) is 0 Å². The molecule has 0 aromatic heterocycles. The summed E-state index contributed by atoms with van der Waals surface area (Å²) in [6, 6.07) is 0.725. The van der Waals surface area contributed by atoms with Crippen LogP contribution in [-0.4, -0.2) is 26.2 Å². The molecule has 0 bridgehead atoms. The third-order valence-corrected chi connectivity index (χ3v) is 9.61. The van der Waals surface area contributed by atoms with E-state index in [4.69, 9.17) is 0 Å². The summed E-state index contributed by atoms with van der Waals surface area (Å²) in [5.41, 5.74) is 2.99. The van der Waals surface area contributed by atoms with E-state index in [2.05, 4.69) is 44.5 Å². The molecule has 4 aliphatic carbocycles. The largest absolute Gasteiger partial charge is 0.320 e. The summed E-state index contributed by atoms with van der Waals surface area (Å²) in [4.78, 5) is 0. The highest BCUT2D eigenvalue weighted by Gasteiger charge is 2.57. The van der Waals surface area contributed by atoms with E-state index in [-0.39, 0.29) is 0 Å². The van der Waals surface area contributed by atoms with Crippen molar-refractivity contribution in [3.8, 4) is 0 Å². The Kier molecular flexibility index (Phi) is 5.29. The Morgan fingerprint density at radius 2 is 1.88 bits per heavy atom. The van der Waals surface area contributed by atoms with E-state index in [1.165, 1.54) is 64.3 Å². The molecular formula is C24H42N2. The second-order valence-corrected chi connectivity index (χ2v) is 10.6. The predicted molar refractivity (Wildman–Crippen MR) is 111 cm³/mol. The van der Waals surface area contributed by atoms with Crippen LogP contribution in [0.4, 0.5) is 0 Å². The minimum absolute atomic E-state index is 0.513. The molecule has 7 atom stereocenters. The van der Waals surface area contributed by atoms with Crippen LogP contribution in [0.1, 0.15) is 78.6 Å². The van der Waals surface area contributed by atoms with Gasteiger partial charge >= 0.3 is 0 Å². The minimum Gasteiger partial charge on any atom is -0.320 e. The van der Waals surface area contributed by atoms with Crippen molar-refractivity contribution in [2.45, 2.75) is 84.6 Å². The molecule has 26 heavy (non-hydrogen) atoms. The molecule has 0 amide bonds. The van der Waals surface area contributed by atoms with Gasteiger partial charge < -0.3 is 10.6 Å². The molecule has 0 radical (unpaired) electrons. The lowest BCUT2D eigenvalue weighted by Gasteiger charge is -2.58. The van der Waals surface area contributed by atoms with Gasteiger partial charge in [-0.05, 0) is 112 Å². The molecule has 0 aromatic carbocycles. The van der Waals surface area contributed by atoms with Crippen LogP contribution in [0.3, 0.4) is 0 Å². The predicted octanol–water partition coefficient (Wildman–Crippen LogP) is 5.15. The van der Waals surface area contributed by atoms with Gasteiger partial charge in [-0.2, -0.15) is 0 Å². The normalized spacial score (nSPS) is 47.7. The van der Waals surface area contributed by atoms with E-state index in [1.807, 2.05) is 5.57 Å². The Balaban J connectivity index is 1.45. The van der Waals surface area contributed by atoms with E-state index in [0.717, 1.165) is 36.3 Å². The van der Waals surface area contributed by atoms with Crippen molar-refractivity contribution in [2.24, 2.45) is 34.5 Å². The zero-order valence-electron chi connectivity index (χ0n) is 17.7. The zero-order chi connectivity index (χ0) is 18.4. The van der Waals surface area contributed by atoms with Crippen LogP contribution in [0, 0.1) is 34.5 Å². The Morgan fingerprint density at radius 3 is 2.69 bits per heavy atom. The average Bonchev–Trinajstić information content (AvgIpc) is 2.94. The SMILES string of the molecule is CNCCCN[C@H]1CCC2(C)C(=CC[C@H]3C2CCC2(C)C(C)CC[C@@H]32)C1. The van der Waals surface area contributed by atoms with Crippen molar-refractivity contribution < 1.29 is 0 Å². The summed E-state index contributed by atoms with van der Waals surface area (Å²) in [5.74, 6) is 3.90. The van der Waals surface area contributed by atoms with Crippen molar-refractivity contribution in [3.63, 3.8) is 0 Å². The fourth-order valence-electron chi connectivity index (χ4n) is 7.67. The molecule has 0 heterocycles. The highest BCUT2D eigenvalue weighted by Crippen LogP contribution is 2.66. The molecule has 4 unspecified atom stereocenters. The number of hydrogen-bond acceptors (Lipinski definition) is 2. The zero-order valence-corrected chi connectivity index (χ0v) is 17.7. The average molecular weight is 359 g/mol. The van der Waals surface area contributed by atoms with Crippen molar-refractivity contribution in [1.82, 2.24) is 10.6 Å². The minimum atomic E-state index is 0.513. The lowest BCUT2D eigenvalue weighted by molar-refractivity contribution is -0.0401. The Labute approximate surface area is 162 Å². The fourth-order valence-corrected chi connectivity index (χ4v) is 7.67. The van der Waals surface area contributed by atoms with Gasteiger partial charge in [-0.25, -0.2) is 0 Å². The van der Waals surface area contributed by atoms with Crippen LogP contribution in [0.2, 0.25) is 0 Å². The molecule has 2 nitrogen and oxygen atoms in total. The highest BCUT2D eigenvalue weighted by atomic mass is 14.9. The number of rotatable bonds is 5. The highest BCUT2D eigenvalue weighted by molar-refractivity contribution is 5.25. The van der Waals surface area contributed by atoms with Gasteiger partial charge in [0.25, 0.3) is 0 Å². The first kappa shape index (κ1) is 19.0. The Hall–Kier alpha value is -0.340. The maximum atomic E-state index is 3.85. The fraction of sp³-hybridized carbons (Fsp3) is 0.917. The molecule has 148 valence electrons. The molecule has 4 rings (SSSR count). The van der Waals surface area contributed by atoms with Crippen molar-refractivity contribution in [1.29, 1.82) is 0 Å². The third kappa shape index (κ3) is 3.00. The van der Waals surface area contributed by atoms with Crippen LogP contribution in [-0.2, 0) is 0 Å². The Morgan fingerprint density at radius 1 is 1.04 bits per heavy atom. The quantitative estimate of drug-likeness (QED) is 0.524. The number of nitrogens with one attached hydrogen (secondary N) is 2. The van der Waals surface area contributed by atoms with Gasteiger partial charge in [0.1, 0.15) is 0 Å². The van der Waals surface area contributed by atoms with E-state index in [9.17, 15) is 0 Å². The number of fused-ring (bicyclic) bond motifs is 5. The molecule has 0 spiro atoms. The molecule has 3 saturated carbocycles. The number of hydrogen-bond donors (Lipinski definition) is 2. The lowest BCUT2D eigenvalue weighted by atomic mass is 9.47. The molecule has 0 saturated heterocycles. The van der Waals surface area contributed by atoms with E-state index < -0.39 is 0 Å². The topological polar surface area (TPSA) is 24.1 Å². The third-order valence-electron chi connectivity index (χ3n) is 9.61. The molecular weight excluding hydrogens is 316 g/mol. The van der Waals surface area contributed by atoms with Gasteiger partial charge in [0.15, 0.2) is 0 Å².